The summed E-state index contributed by atoms with van der Waals surface area (Å²) >= 11 is 3.34. The summed E-state index contributed by atoms with van der Waals surface area (Å²) in [5, 5.41) is 0. The van der Waals surface area contributed by atoms with E-state index in [9.17, 15) is 13.2 Å². The van der Waals surface area contributed by atoms with E-state index in [2.05, 4.69) is 15.9 Å². The lowest BCUT2D eigenvalue weighted by Gasteiger charge is -2.27. The third-order valence-corrected chi connectivity index (χ3v) is 4.01. The summed E-state index contributed by atoms with van der Waals surface area (Å²) < 4.78 is 39.1. The third kappa shape index (κ3) is 2.42. The highest BCUT2D eigenvalue weighted by atomic mass is 79.9. The van der Waals surface area contributed by atoms with E-state index in [1.807, 2.05) is 0 Å². The van der Waals surface area contributed by atoms with Crippen molar-refractivity contribution in [3.63, 3.8) is 0 Å². The number of rotatable bonds is 3. The Morgan fingerprint density at radius 1 is 1.12 bits per heavy atom. The predicted molar refractivity (Wildman–Crippen MR) is 59.9 cm³/mol. The van der Waals surface area contributed by atoms with Gasteiger partial charge in [0, 0.05) is 16.5 Å². The minimum atomic E-state index is -1.13. The van der Waals surface area contributed by atoms with E-state index in [-0.39, 0.29) is 10.4 Å². The summed E-state index contributed by atoms with van der Waals surface area (Å²) in [6, 6.07) is 1.56. The maximum Gasteiger partial charge on any atom is 0.161 e. The highest BCUT2D eigenvalue weighted by Gasteiger charge is 2.24. The van der Waals surface area contributed by atoms with Gasteiger partial charge in [-0.15, -0.1) is 0 Å². The Hall–Kier alpha value is -0.510. The lowest BCUT2D eigenvalue weighted by molar-refractivity contribution is 0.294. The lowest BCUT2D eigenvalue weighted by Crippen LogP contribution is -2.13. The highest BCUT2D eigenvalue weighted by Crippen LogP contribution is 2.39. The van der Waals surface area contributed by atoms with Gasteiger partial charge in [0.1, 0.15) is 5.82 Å². The maximum atomic E-state index is 13.4. The molecule has 1 atom stereocenters. The number of alkyl halides is 1. The van der Waals surface area contributed by atoms with Crippen molar-refractivity contribution in [2.75, 3.05) is 0 Å². The summed E-state index contributed by atoms with van der Waals surface area (Å²) in [5.41, 5.74) is 0.214. The summed E-state index contributed by atoms with van der Waals surface area (Å²) in [5.74, 6) is -2.23. The molecule has 2 rings (SSSR count). The third-order valence-electron chi connectivity index (χ3n) is 3.14. The van der Waals surface area contributed by atoms with Crippen molar-refractivity contribution in [2.45, 2.75) is 30.5 Å². The smallest absolute Gasteiger partial charge is 0.161 e. The molecule has 0 nitrogen and oxygen atoms in total. The highest BCUT2D eigenvalue weighted by molar-refractivity contribution is 9.09. The standard InChI is InChI=1S/C12H12BrF3/c13-9(4-7-2-1-3-7)8-5-11(15)12(16)6-10(8)14/h5-7,9H,1-4H2. The Bertz CT molecular complexity index is 388. The molecule has 1 unspecified atom stereocenters. The summed E-state index contributed by atoms with van der Waals surface area (Å²) in [6.07, 6.45) is 4.29. The second-order valence-electron chi connectivity index (χ2n) is 4.29. The fourth-order valence-corrected chi connectivity index (χ4v) is 2.81. The fraction of sp³-hybridized carbons (Fsp3) is 0.500. The Morgan fingerprint density at radius 2 is 1.75 bits per heavy atom. The molecule has 16 heavy (non-hydrogen) atoms. The van der Waals surface area contributed by atoms with Gasteiger partial charge in [-0.2, -0.15) is 0 Å². The quantitative estimate of drug-likeness (QED) is 0.558. The summed E-state index contributed by atoms with van der Waals surface area (Å²) in [6.45, 7) is 0. The van der Waals surface area contributed by atoms with Crippen LogP contribution >= 0.6 is 15.9 Å². The monoisotopic (exact) mass is 292 g/mol. The molecule has 1 aromatic carbocycles. The van der Waals surface area contributed by atoms with E-state index in [1.165, 1.54) is 6.42 Å². The number of halogens is 4. The first-order valence-corrected chi connectivity index (χ1v) is 6.28. The molecule has 0 heterocycles. The Labute approximate surface area is 101 Å². The van der Waals surface area contributed by atoms with Crippen molar-refractivity contribution in [3.05, 3.63) is 35.1 Å². The second-order valence-corrected chi connectivity index (χ2v) is 5.39. The number of benzene rings is 1. The molecule has 0 radical (unpaired) electrons. The van der Waals surface area contributed by atoms with Gasteiger partial charge < -0.3 is 0 Å². The number of hydrogen-bond donors (Lipinski definition) is 0. The van der Waals surface area contributed by atoms with Gasteiger partial charge in [0.05, 0.1) is 0 Å². The minimum Gasteiger partial charge on any atom is -0.207 e. The van der Waals surface area contributed by atoms with Gasteiger partial charge in [0.25, 0.3) is 0 Å². The first-order chi connectivity index (χ1) is 7.58. The number of hydrogen-bond acceptors (Lipinski definition) is 0. The van der Waals surface area contributed by atoms with Crippen molar-refractivity contribution in [2.24, 2.45) is 5.92 Å². The first kappa shape index (κ1) is 12.0. The molecular weight excluding hydrogens is 281 g/mol. The molecule has 1 aliphatic rings. The van der Waals surface area contributed by atoms with Crippen LogP contribution in [0, 0.1) is 23.4 Å². The zero-order valence-electron chi connectivity index (χ0n) is 8.65. The molecule has 0 N–H and O–H groups in total. The zero-order chi connectivity index (χ0) is 11.7. The van der Waals surface area contributed by atoms with Crippen molar-refractivity contribution in [1.29, 1.82) is 0 Å². The molecule has 0 amide bonds. The second kappa shape index (κ2) is 4.78. The minimum absolute atomic E-state index is 0.214. The van der Waals surface area contributed by atoms with E-state index in [4.69, 9.17) is 0 Å². The van der Waals surface area contributed by atoms with Gasteiger partial charge in [-0.1, -0.05) is 35.2 Å². The van der Waals surface area contributed by atoms with Gasteiger partial charge in [0.15, 0.2) is 11.6 Å². The van der Waals surface area contributed by atoms with E-state index in [1.54, 1.807) is 0 Å². The fourth-order valence-electron chi connectivity index (χ4n) is 1.93. The maximum absolute atomic E-state index is 13.4. The predicted octanol–water partition coefficient (Wildman–Crippen LogP) is 4.73. The molecule has 0 spiro atoms. The molecule has 0 aliphatic heterocycles. The Balaban J connectivity index is 2.14. The van der Waals surface area contributed by atoms with E-state index < -0.39 is 17.5 Å². The van der Waals surface area contributed by atoms with Crippen molar-refractivity contribution >= 4 is 15.9 Å². The van der Waals surface area contributed by atoms with Gasteiger partial charge in [0.2, 0.25) is 0 Å². The van der Waals surface area contributed by atoms with Crippen LogP contribution < -0.4 is 0 Å². The molecule has 0 aromatic heterocycles. The van der Waals surface area contributed by atoms with Crippen LogP contribution in [0.2, 0.25) is 0 Å². The van der Waals surface area contributed by atoms with Crippen LogP contribution in [0.15, 0.2) is 12.1 Å². The van der Waals surface area contributed by atoms with Crippen LogP contribution in [0.3, 0.4) is 0 Å². The van der Waals surface area contributed by atoms with Gasteiger partial charge >= 0.3 is 0 Å². The van der Waals surface area contributed by atoms with Gasteiger partial charge in [-0.3, -0.25) is 0 Å². The van der Waals surface area contributed by atoms with Gasteiger partial charge in [-0.05, 0) is 18.4 Å². The zero-order valence-corrected chi connectivity index (χ0v) is 10.2. The molecule has 1 aliphatic carbocycles. The lowest BCUT2D eigenvalue weighted by atomic mass is 9.81. The molecule has 0 bridgehead atoms. The van der Waals surface area contributed by atoms with Crippen LogP contribution in [0.4, 0.5) is 13.2 Å². The molecule has 0 saturated heterocycles. The van der Waals surface area contributed by atoms with Crippen LogP contribution in [0.25, 0.3) is 0 Å². The van der Waals surface area contributed by atoms with Crippen LogP contribution in [0.5, 0.6) is 0 Å². The van der Waals surface area contributed by atoms with Crippen LogP contribution in [-0.4, -0.2) is 0 Å². The molecular formula is C12H12BrF3. The van der Waals surface area contributed by atoms with E-state index >= 15 is 0 Å². The first-order valence-electron chi connectivity index (χ1n) is 5.36. The molecule has 88 valence electrons. The molecule has 1 aromatic rings. The summed E-state index contributed by atoms with van der Waals surface area (Å²) in [4.78, 5) is -0.229. The topological polar surface area (TPSA) is 0 Å². The van der Waals surface area contributed by atoms with Gasteiger partial charge in [-0.25, -0.2) is 13.2 Å². The van der Waals surface area contributed by atoms with E-state index in [0.29, 0.717) is 12.0 Å². The molecule has 4 heteroatoms. The van der Waals surface area contributed by atoms with Crippen molar-refractivity contribution < 1.29 is 13.2 Å². The normalized spacial score (nSPS) is 18.2. The Morgan fingerprint density at radius 3 is 2.31 bits per heavy atom. The van der Waals surface area contributed by atoms with Crippen LogP contribution in [-0.2, 0) is 0 Å². The van der Waals surface area contributed by atoms with Crippen molar-refractivity contribution in [1.82, 2.24) is 0 Å². The van der Waals surface area contributed by atoms with E-state index in [0.717, 1.165) is 25.3 Å². The average Bonchev–Trinajstić information content (AvgIpc) is 2.17. The van der Waals surface area contributed by atoms with Crippen molar-refractivity contribution in [3.8, 4) is 0 Å². The molecule has 1 saturated carbocycles. The largest absolute Gasteiger partial charge is 0.207 e. The average molecular weight is 293 g/mol. The summed E-state index contributed by atoms with van der Waals surface area (Å²) in [7, 11) is 0. The van der Waals surface area contributed by atoms with Crippen LogP contribution in [0.1, 0.15) is 36.1 Å². The SMILES string of the molecule is Fc1cc(F)c(C(Br)CC2CCC2)cc1F. The Kier molecular flexibility index (Phi) is 3.57. The molecule has 1 fully saturated rings.